The number of nitrogens with zero attached hydrogens (tertiary/aromatic N) is 2. The van der Waals surface area contributed by atoms with E-state index in [-0.39, 0.29) is 29.8 Å². The second kappa shape index (κ2) is 4.31. The van der Waals surface area contributed by atoms with Gasteiger partial charge < -0.3 is 4.90 Å². The summed E-state index contributed by atoms with van der Waals surface area (Å²) < 4.78 is 0. The highest BCUT2D eigenvalue weighted by Crippen LogP contribution is 2.37. The van der Waals surface area contributed by atoms with E-state index >= 15 is 0 Å². The number of nitrogens with one attached hydrogen (secondary N) is 1. The maximum atomic E-state index is 12.1. The lowest BCUT2D eigenvalue weighted by Crippen LogP contribution is -2.32. The van der Waals surface area contributed by atoms with Crippen LogP contribution in [0.1, 0.15) is 31.5 Å². The van der Waals surface area contributed by atoms with Crippen LogP contribution in [-0.4, -0.2) is 27.8 Å². The van der Waals surface area contributed by atoms with Crippen LogP contribution in [0.3, 0.4) is 0 Å². The van der Waals surface area contributed by atoms with Crippen molar-refractivity contribution in [2.45, 2.75) is 38.0 Å². The maximum Gasteiger partial charge on any atom is 0.269 e. The molecule has 6 nitrogen and oxygen atoms in total. The average molecular weight is 261 g/mol. The number of rotatable bonds is 3. The van der Waals surface area contributed by atoms with Gasteiger partial charge in [0.2, 0.25) is 5.91 Å². The zero-order valence-electron chi connectivity index (χ0n) is 10.6. The van der Waals surface area contributed by atoms with Gasteiger partial charge in [-0.3, -0.25) is 20.2 Å². The van der Waals surface area contributed by atoms with Crippen LogP contribution in [0.15, 0.2) is 24.3 Å². The van der Waals surface area contributed by atoms with Gasteiger partial charge in [0.05, 0.1) is 11.0 Å². The van der Waals surface area contributed by atoms with Crippen molar-refractivity contribution < 1.29 is 9.72 Å². The van der Waals surface area contributed by atoms with Crippen molar-refractivity contribution >= 4 is 11.6 Å². The van der Waals surface area contributed by atoms with E-state index in [0.29, 0.717) is 0 Å². The smallest absolute Gasteiger partial charge is 0.269 e. The Morgan fingerprint density at radius 2 is 2.16 bits per heavy atom. The number of nitro groups is 1. The number of carbonyl (C=O) groups excluding carboxylic acids is 1. The SMILES string of the molecule is CC1NC(c2cccc([N+](=O)[O-])c2)N(C2CC2)C1=O. The highest BCUT2D eigenvalue weighted by molar-refractivity contribution is 5.84. The number of benzene rings is 1. The topological polar surface area (TPSA) is 75.5 Å². The fourth-order valence-electron chi connectivity index (χ4n) is 2.55. The van der Waals surface area contributed by atoms with Gasteiger partial charge in [0.25, 0.3) is 5.69 Å². The lowest BCUT2D eigenvalue weighted by atomic mass is 10.1. The summed E-state index contributed by atoms with van der Waals surface area (Å²) in [6.45, 7) is 1.83. The molecular formula is C13H15N3O3. The summed E-state index contributed by atoms with van der Waals surface area (Å²) in [6, 6.07) is 6.54. The number of amides is 1. The molecule has 2 unspecified atom stereocenters. The van der Waals surface area contributed by atoms with Crippen molar-refractivity contribution in [2.75, 3.05) is 0 Å². The molecule has 1 saturated heterocycles. The molecule has 6 heteroatoms. The first-order valence-corrected chi connectivity index (χ1v) is 6.40. The lowest BCUT2D eigenvalue weighted by Gasteiger charge is -2.24. The van der Waals surface area contributed by atoms with Gasteiger partial charge in [-0.1, -0.05) is 12.1 Å². The second-order valence-corrected chi connectivity index (χ2v) is 5.12. The summed E-state index contributed by atoms with van der Waals surface area (Å²) in [5.41, 5.74) is 0.834. The second-order valence-electron chi connectivity index (χ2n) is 5.12. The van der Waals surface area contributed by atoms with Gasteiger partial charge in [-0.05, 0) is 25.3 Å². The molecule has 100 valence electrons. The molecule has 1 saturated carbocycles. The third-order valence-corrected chi connectivity index (χ3v) is 3.65. The zero-order valence-corrected chi connectivity index (χ0v) is 10.6. The molecule has 2 aliphatic rings. The quantitative estimate of drug-likeness (QED) is 0.662. The molecule has 1 aliphatic carbocycles. The predicted molar refractivity (Wildman–Crippen MR) is 68.3 cm³/mol. The van der Waals surface area contributed by atoms with E-state index in [9.17, 15) is 14.9 Å². The van der Waals surface area contributed by atoms with Crippen molar-refractivity contribution in [3.8, 4) is 0 Å². The summed E-state index contributed by atoms with van der Waals surface area (Å²) in [6.07, 6.45) is 1.80. The average Bonchev–Trinajstić information content (AvgIpc) is 3.18. The first kappa shape index (κ1) is 12.1. The molecule has 0 spiro atoms. The van der Waals surface area contributed by atoms with Crippen LogP contribution >= 0.6 is 0 Å². The van der Waals surface area contributed by atoms with Gasteiger partial charge >= 0.3 is 0 Å². The Kier molecular flexibility index (Phi) is 2.74. The van der Waals surface area contributed by atoms with E-state index in [4.69, 9.17) is 0 Å². The summed E-state index contributed by atoms with van der Waals surface area (Å²) >= 11 is 0. The standard InChI is InChI=1S/C13H15N3O3/c1-8-13(17)15(10-5-6-10)12(14-8)9-3-2-4-11(7-9)16(18)19/h2-4,7-8,10,12,14H,5-6H2,1H3. The molecule has 1 aromatic rings. The fourth-order valence-corrected chi connectivity index (χ4v) is 2.55. The minimum absolute atomic E-state index is 0.0575. The molecule has 1 N–H and O–H groups in total. The van der Waals surface area contributed by atoms with Gasteiger partial charge in [0.15, 0.2) is 0 Å². The van der Waals surface area contributed by atoms with E-state index in [2.05, 4.69) is 5.32 Å². The normalized spacial score (nSPS) is 26.8. The molecule has 0 aromatic heterocycles. The van der Waals surface area contributed by atoms with E-state index in [1.165, 1.54) is 6.07 Å². The molecule has 1 aliphatic heterocycles. The molecule has 0 bridgehead atoms. The van der Waals surface area contributed by atoms with Crippen LogP contribution in [0, 0.1) is 10.1 Å². The molecule has 1 heterocycles. The minimum atomic E-state index is -0.412. The Hall–Kier alpha value is -1.95. The van der Waals surface area contributed by atoms with E-state index in [1.807, 2.05) is 17.9 Å². The predicted octanol–water partition coefficient (Wildman–Crippen LogP) is 1.58. The molecule has 1 aromatic carbocycles. The van der Waals surface area contributed by atoms with Crippen molar-refractivity contribution in [1.82, 2.24) is 10.2 Å². The van der Waals surface area contributed by atoms with Crippen LogP contribution in [0.25, 0.3) is 0 Å². The highest BCUT2D eigenvalue weighted by atomic mass is 16.6. The van der Waals surface area contributed by atoms with E-state index in [0.717, 1.165) is 18.4 Å². The van der Waals surface area contributed by atoms with Crippen molar-refractivity contribution in [2.24, 2.45) is 0 Å². The van der Waals surface area contributed by atoms with Crippen molar-refractivity contribution in [3.63, 3.8) is 0 Å². The third kappa shape index (κ3) is 2.08. The molecule has 2 atom stereocenters. The number of non-ortho nitro benzene ring substituents is 1. The zero-order chi connectivity index (χ0) is 13.6. The van der Waals surface area contributed by atoms with Gasteiger partial charge in [-0.2, -0.15) is 0 Å². The van der Waals surface area contributed by atoms with Crippen LogP contribution in [0.2, 0.25) is 0 Å². The van der Waals surface area contributed by atoms with E-state index < -0.39 is 4.92 Å². The van der Waals surface area contributed by atoms with E-state index in [1.54, 1.807) is 12.1 Å². The lowest BCUT2D eigenvalue weighted by molar-refractivity contribution is -0.385. The van der Waals surface area contributed by atoms with Gasteiger partial charge in [-0.15, -0.1) is 0 Å². The highest BCUT2D eigenvalue weighted by Gasteiger charge is 2.45. The molecule has 19 heavy (non-hydrogen) atoms. The van der Waals surface area contributed by atoms with Gasteiger partial charge in [0, 0.05) is 18.2 Å². The Morgan fingerprint density at radius 1 is 1.42 bits per heavy atom. The number of carbonyl (C=O) groups is 1. The third-order valence-electron chi connectivity index (χ3n) is 3.65. The molecule has 0 radical (unpaired) electrons. The Morgan fingerprint density at radius 3 is 2.79 bits per heavy atom. The van der Waals surface area contributed by atoms with Crippen LogP contribution in [0.4, 0.5) is 5.69 Å². The number of nitro benzene ring substituents is 1. The Labute approximate surface area is 110 Å². The summed E-state index contributed by atoms with van der Waals surface area (Å²) in [4.78, 5) is 24.4. The summed E-state index contributed by atoms with van der Waals surface area (Å²) in [7, 11) is 0. The largest absolute Gasteiger partial charge is 0.319 e. The summed E-state index contributed by atoms with van der Waals surface area (Å²) in [5, 5.41) is 14.0. The Bertz CT molecular complexity index is 542. The van der Waals surface area contributed by atoms with Crippen LogP contribution < -0.4 is 5.32 Å². The van der Waals surface area contributed by atoms with Gasteiger partial charge in [0.1, 0.15) is 6.17 Å². The Balaban J connectivity index is 1.94. The first-order valence-electron chi connectivity index (χ1n) is 6.40. The van der Waals surface area contributed by atoms with Crippen molar-refractivity contribution in [3.05, 3.63) is 39.9 Å². The number of hydrogen-bond donors (Lipinski definition) is 1. The van der Waals surface area contributed by atoms with Crippen LogP contribution in [0.5, 0.6) is 0 Å². The number of hydrogen-bond acceptors (Lipinski definition) is 4. The fraction of sp³-hybridized carbons (Fsp3) is 0.462. The van der Waals surface area contributed by atoms with Crippen LogP contribution in [-0.2, 0) is 4.79 Å². The van der Waals surface area contributed by atoms with Gasteiger partial charge in [-0.25, -0.2) is 0 Å². The molecule has 1 amide bonds. The molecule has 2 fully saturated rings. The molecule has 3 rings (SSSR count). The van der Waals surface area contributed by atoms with Crippen molar-refractivity contribution in [1.29, 1.82) is 0 Å². The summed E-state index contributed by atoms with van der Waals surface area (Å²) in [5.74, 6) is 0.0824. The maximum absolute atomic E-state index is 12.1. The first-order chi connectivity index (χ1) is 9.08. The molecular weight excluding hydrogens is 246 g/mol. The minimum Gasteiger partial charge on any atom is -0.319 e. The monoisotopic (exact) mass is 261 g/mol.